The van der Waals surface area contributed by atoms with Crippen LogP contribution in [0.15, 0.2) is 56.1 Å². The number of para-hydroxylation sites is 1. The fourth-order valence-corrected chi connectivity index (χ4v) is 3.48. The molecule has 0 spiro atoms. The van der Waals surface area contributed by atoms with Crippen LogP contribution in [-0.4, -0.2) is 33.3 Å². The third-order valence-electron chi connectivity index (χ3n) is 4.95. The zero-order chi connectivity index (χ0) is 21.3. The van der Waals surface area contributed by atoms with Gasteiger partial charge in [-0.25, -0.2) is 9.59 Å². The quantitative estimate of drug-likeness (QED) is 0.288. The van der Waals surface area contributed by atoms with E-state index in [1.165, 1.54) is 7.11 Å². The predicted molar refractivity (Wildman–Crippen MR) is 114 cm³/mol. The molecule has 1 N–H and O–H groups in total. The number of hydrogen-bond acceptors (Lipinski definition) is 7. The van der Waals surface area contributed by atoms with Crippen molar-refractivity contribution in [1.29, 1.82) is 0 Å². The number of rotatable bonds is 6. The second kappa shape index (κ2) is 8.04. The summed E-state index contributed by atoms with van der Waals surface area (Å²) in [5.74, 6) is 0.00667. The largest absolute Gasteiger partial charge is 0.465 e. The summed E-state index contributed by atoms with van der Waals surface area (Å²) in [4.78, 5) is 24.7. The molecule has 0 aliphatic heterocycles. The Hall–Kier alpha value is -3.58. The maximum Gasteiger partial charge on any atom is 0.348 e. The highest BCUT2D eigenvalue weighted by atomic mass is 16.5. The average Bonchev–Trinajstić information content (AvgIpc) is 3.15. The Balaban J connectivity index is 1.97. The Morgan fingerprint density at radius 1 is 1.03 bits per heavy atom. The molecule has 30 heavy (non-hydrogen) atoms. The van der Waals surface area contributed by atoms with Crippen LogP contribution in [0, 0.1) is 6.92 Å². The minimum Gasteiger partial charge on any atom is -0.465 e. The smallest absolute Gasteiger partial charge is 0.348 e. The molecule has 7 nitrogen and oxygen atoms in total. The van der Waals surface area contributed by atoms with E-state index in [1.807, 2.05) is 25.1 Å². The van der Waals surface area contributed by atoms with E-state index in [0.717, 1.165) is 10.9 Å². The molecule has 0 radical (unpaired) electrons. The van der Waals surface area contributed by atoms with Gasteiger partial charge in [0.05, 0.1) is 30.2 Å². The van der Waals surface area contributed by atoms with E-state index in [0.29, 0.717) is 52.3 Å². The van der Waals surface area contributed by atoms with Crippen molar-refractivity contribution in [3.63, 3.8) is 0 Å². The number of carbonyl (C=O) groups excluding carboxylic acids is 1. The highest BCUT2D eigenvalue weighted by Crippen LogP contribution is 2.40. The van der Waals surface area contributed by atoms with Crippen molar-refractivity contribution in [2.75, 3.05) is 32.7 Å². The van der Waals surface area contributed by atoms with Gasteiger partial charge >= 0.3 is 11.6 Å². The topological polar surface area (TPSA) is 90.9 Å². The van der Waals surface area contributed by atoms with Gasteiger partial charge in [-0.2, -0.15) is 0 Å². The fraction of sp³-hybridized carbons (Fsp3) is 0.217. The number of benzene rings is 2. The number of aryl methyl sites for hydroxylation is 1. The molecule has 2 heterocycles. The number of furan rings is 1. The summed E-state index contributed by atoms with van der Waals surface area (Å²) in [6.07, 6.45) is 0. The number of fused-ring (bicyclic) bond motifs is 3. The summed E-state index contributed by atoms with van der Waals surface area (Å²) < 4.78 is 21.6. The molecule has 2 aromatic heterocycles. The molecule has 4 rings (SSSR count). The number of nitrogens with one attached hydrogen (secondary N) is 1. The normalized spacial score (nSPS) is 11.2. The number of carbonyl (C=O) groups is 1. The van der Waals surface area contributed by atoms with Crippen molar-refractivity contribution in [2.24, 2.45) is 0 Å². The van der Waals surface area contributed by atoms with Crippen molar-refractivity contribution in [3.05, 3.63) is 64.0 Å². The van der Waals surface area contributed by atoms with Crippen LogP contribution in [0.4, 0.5) is 5.88 Å². The molecule has 0 amide bonds. The van der Waals surface area contributed by atoms with E-state index in [9.17, 15) is 9.59 Å². The maximum atomic E-state index is 13.0. The number of hydrogen-bond donors (Lipinski definition) is 1. The highest BCUT2D eigenvalue weighted by molar-refractivity contribution is 6.10. The molecule has 0 aliphatic carbocycles. The van der Waals surface area contributed by atoms with Crippen LogP contribution < -0.4 is 10.9 Å². The number of methoxy groups -OCH3 is 2. The molecule has 4 aromatic rings. The van der Waals surface area contributed by atoms with Gasteiger partial charge in [0.25, 0.3) is 0 Å². The lowest BCUT2D eigenvalue weighted by Gasteiger charge is -2.07. The molecule has 0 atom stereocenters. The lowest BCUT2D eigenvalue weighted by molar-refractivity contribution is 0.0600. The van der Waals surface area contributed by atoms with Crippen LogP contribution in [0.3, 0.4) is 0 Å². The molecule has 2 aromatic carbocycles. The maximum absolute atomic E-state index is 13.0. The number of ether oxygens (including phenoxy) is 2. The summed E-state index contributed by atoms with van der Waals surface area (Å²) >= 11 is 0. The zero-order valence-electron chi connectivity index (χ0n) is 16.9. The van der Waals surface area contributed by atoms with Crippen LogP contribution in [0.5, 0.6) is 0 Å². The van der Waals surface area contributed by atoms with Crippen molar-refractivity contribution in [2.45, 2.75) is 6.92 Å². The monoisotopic (exact) mass is 407 g/mol. The van der Waals surface area contributed by atoms with Crippen molar-refractivity contribution >= 4 is 33.8 Å². The van der Waals surface area contributed by atoms with E-state index in [4.69, 9.17) is 18.3 Å². The van der Waals surface area contributed by atoms with Crippen LogP contribution in [0.2, 0.25) is 0 Å². The fourth-order valence-electron chi connectivity index (χ4n) is 3.48. The Kier molecular flexibility index (Phi) is 5.29. The van der Waals surface area contributed by atoms with Gasteiger partial charge in [-0.15, -0.1) is 0 Å². The molecule has 0 fully saturated rings. The summed E-state index contributed by atoms with van der Waals surface area (Å²) in [5, 5.41) is 4.26. The number of anilines is 1. The van der Waals surface area contributed by atoms with E-state index in [-0.39, 0.29) is 0 Å². The molecular weight excluding hydrogens is 386 g/mol. The predicted octanol–water partition coefficient (Wildman–Crippen LogP) is 4.36. The second-order valence-corrected chi connectivity index (χ2v) is 6.84. The molecule has 0 saturated carbocycles. The first-order valence-electron chi connectivity index (χ1n) is 9.45. The minimum absolute atomic E-state index is 0.346. The molecule has 0 bridgehead atoms. The van der Waals surface area contributed by atoms with Gasteiger partial charge in [-0.1, -0.05) is 24.3 Å². The van der Waals surface area contributed by atoms with Gasteiger partial charge in [0.1, 0.15) is 11.0 Å². The van der Waals surface area contributed by atoms with Crippen molar-refractivity contribution in [3.8, 4) is 11.1 Å². The van der Waals surface area contributed by atoms with Gasteiger partial charge in [0, 0.05) is 13.7 Å². The van der Waals surface area contributed by atoms with E-state index in [1.54, 1.807) is 31.4 Å². The van der Waals surface area contributed by atoms with Gasteiger partial charge in [-0.3, -0.25) is 0 Å². The zero-order valence-corrected chi connectivity index (χ0v) is 16.9. The van der Waals surface area contributed by atoms with Gasteiger partial charge in [0.2, 0.25) is 5.88 Å². The Morgan fingerprint density at radius 3 is 2.50 bits per heavy atom. The van der Waals surface area contributed by atoms with Gasteiger partial charge < -0.3 is 23.6 Å². The van der Waals surface area contributed by atoms with Crippen LogP contribution in [0.25, 0.3) is 33.1 Å². The van der Waals surface area contributed by atoms with Crippen molar-refractivity contribution in [1.82, 2.24) is 0 Å². The van der Waals surface area contributed by atoms with Crippen LogP contribution >= 0.6 is 0 Å². The highest BCUT2D eigenvalue weighted by Gasteiger charge is 2.23. The Bertz CT molecular complexity index is 1280. The summed E-state index contributed by atoms with van der Waals surface area (Å²) in [5.41, 5.74) is 3.02. The first-order chi connectivity index (χ1) is 14.5. The summed E-state index contributed by atoms with van der Waals surface area (Å²) in [6.45, 7) is 2.84. The molecule has 0 aliphatic rings. The Labute approximate surface area is 172 Å². The molecule has 154 valence electrons. The lowest BCUT2D eigenvalue weighted by Crippen LogP contribution is -2.08. The van der Waals surface area contributed by atoms with Crippen molar-refractivity contribution < 1.29 is 23.1 Å². The first kappa shape index (κ1) is 19.7. The molecule has 7 heteroatoms. The summed E-state index contributed by atoms with van der Waals surface area (Å²) in [6, 6.07) is 12.4. The summed E-state index contributed by atoms with van der Waals surface area (Å²) in [7, 11) is 2.94. The van der Waals surface area contributed by atoms with E-state index < -0.39 is 11.6 Å². The SMILES string of the molecule is COCCNc1oc2c(c1-c1ccc(C(=O)OC)cc1)c(=O)oc1c(C)cccc12. The van der Waals surface area contributed by atoms with Gasteiger partial charge in [0.15, 0.2) is 5.58 Å². The second-order valence-electron chi connectivity index (χ2n) is 6.84. The van der Waals surface area contributed by atoms with E-state index >= 15 is 0 Å². The minimum atomic E-state index is -0.484. The van der Waals surface area contributed by atoms with Gasteiger partial charge in [-0.05, 0) is 36.2 Å². The Morgan fingerprint density at radius 2 is 1.80 bits per heavy atom. The third kappa shape index (κ3) is 3.33. The third-order valence-corrected chi connectivity index (χ3v) is 4.95. The first-order valence-corrected chi connectivity index (χ1v) is 9.45. The lowest BCUT2D eigenvalue weighted by atomic mass is 10.0. The molecule has 0 unspecified atom stereocenters. The van der Waals surface area contributed by atoms with E-state index in [2.05, 4.69) is 5.32 Å². The average molecular weight is 407 g/mol. The van der Waals surface area contributed by atoms with Crippen LogP contribution in [0.1, 0.15) is 15.9 Å². The molecule has 0 saturated heterocycles. The standard InChI is InChI=1S/C23H21NO6/c1-13-5-4-6-16-19(13)30-23(26)18-17(21(29-20(16)18)24-11-12-27-2)14-7-9-15(10-8-14)22(25)28-3/h4-10,24H,11-12H2,1-3H3. The molecular formula is C23H21NO6. The number of esters is 1. The van der Waals surface area contributed by atoms with Crippen LogP contribution in [-0.2, 0) is 9.47 Å².